The van der Waals surface area contributed by atoms with Gasteiger partial charge in [-0.25, -0.2) is 4.39 Å². The van der Waals surface area contributed by atoms with Crippen molar-refractivity contribution in [2.75, 3.05) is 7.11 Å². The molecule has 2 rings (SSSR count). The summed E-state index contributed by atoms with van der Waals surface area (Å²) in [6, 6.07) is 10.0. The third-order valence-corrected chi connectivity index (χ3v) is 4.11. The number of methoxy groups -OCH3 is 1. The average Bonchev–Trinajstić information content (AvgIpc) is 2.53. The zero-order valence-corrected chi connectivity index (χ0v) is 15.0. The summed E-state index contributed by atoms with van der Waals surface area (Å²) in [7, 11) is 1.26. The van der Waals surface area contributed by atoms with Gasteiger partial charge in [-0.3, -0.25) is 9.59 Å². The molecule has 24 heavy (non-hydrogen) atoms. The lowest BCUT2D eigenvalue weighted by Crippen LogP contribution is -2.30. The molecule has 1 amide bonds. The lowest BCUT2D eigenvalue weighted by atomic mass is 10.0. The van der Waals surface area contributed by atoms with Crippen LogP contribution in [0.4, 0.5) is 4.39 Å². The molecule has 4 nitrogen and oxygen atoms in total. The van der Waals surface area contributed by atoms with Crippen LogP contribution in [0.2, 0.25) is 5.02 Å². The van der Waals surface area contributed by atoms with Gasteiger partial charge in [0.1, 0.15) is 5.82 Å². The summed E-state index contributed by atoms with van der Waals surface area (Å²) in [4.78, 5) is 24.1. The number of halogens is 3. The van der Waals surface area contributed by atoms with Crippen molar-refractivity contribution in [2.45, 2.75) is 12.5 Å². The molecule has 2 aromatic carbocycles. The Morgan fingerprint density at radius 2 is 2.00 bits per heavy atom. The van der Waals surface area contributed by atoms with E-state index < -0.39 is 23.7 Å². The van der Waals surface area contributed by atoms with Crippen molar-refractivity contribution < 1.29 is 18.7 Å². The van der Waals surface area contributed by atoms with Gasteiger partial charge in [-0.1, -0.05) is 45.7 Å². The Balaban J connectivity index is 2.29. The van der Waals surface area contributed by atoms with E-state index in [0.29, 0.717) is 15.1 Å². The topological polar surface area (TPSA) is 55.4 Å². The quantitative estimate of drug-likeness (QED) is 0.743. The molecule has 0 aliphatic heterocycles. The SMILES string of the molecule is COC(=O)CC(NC(=O)c1cc(F)cc(Br)c1)c1ccccc1Cl. The summed E-state index contributed by atoms with van der Waals surface area (Å²) < 4.78 is 18.6. The number of nitrogens with one attached hydrogen (secondary N) is 1. The molecule has 1 N–H and O–H groups in total. The molecule has 1 atom stereocenters. The molecule has 2 aromatic rings. The molecule has 126 valence electrons. The molecular weight excluding hydrogens is 401 g/mol. The Morgan fingerprint density at radius 1 is 1.29 bits per heavy atom. The van der Waals surface area contributed by atoms with E-state index >= 15 is 0 Å². The van der Waals surface area contributed by atoms with Crippen molar-refractivity contribution in [3.8, 4) is 0 Å². The monoisotopic (exact) mass is 413 g/mol. The second-order valence-corrected chi connectivity index (χ2v) is 6.31. The lowest BCUT2D eigenvalue weighted by Gasteiger charge is -2.19. The first-order valence-electron chi connectivity index (χ1n) is 6.99. The highest BCUT2D eigenvalue weighted by Crippen LogP contribution is 2.26. The molecule has 0 fully saturated rings. The molecule has 0 heterocycles. The van der Waals surface area contributed by atoms with Gasteiger partial charge in [-0.15, -0.1) is 0 Å². The first-order valence-corrected chi connectivity index (χ1v) is 8.16. The largest absolute Gasteiger partial charge is 0.469 e. The van der Waals surface area contributed by atoms with Crippen LogP contribution < -0.4 is 5.32 Å². The average molecular weight is 415 g/mol. The Morgan fingerprint density at radius 3 is 2.62 bits per heavy atom. The van der Waals surface area contributed by atoms with Gasteiger partial charge in [0.2, 0.25) is 0 Å². The Labute approximate surface area is 152 Å². The molecule has 0 bridgehead atoms. The minimum absolute atomic E-state index is 0.0948. The number of hydrogen-bond donors (Lipinski definition) is 1. The minimum Gasteiger partial charge on any atom is -0.469 e. The predicted octanol–water partition coefficient (Wildman–Crippen LogP) is 4.28. The number of rotatable bonds is 5. The molecule has 0 saturated carbocycles. The molecule has 0 spiro atoms. The van der Waals surface area contributed by atoms with E-state index in [-0.39, 0.29) is 12.0 Å². The molecular formula is C17H14BrClFNO3. The van der Waals surface area contributed by atoms with Gasteiger partial charge in [0.25, 0.3) is 5.91 Å². The van der Waals surface area contributed by atoms with Crippen LogP contribution in [-0.4, -0.2) is 19.0 Å². The Bertz CT molecular complexity index is 749. The van der Waals surface area contributed by atoms with Crippen molar-refractivity contribution >= 4 is 39.4 Å². The van der Waals surface area contributed by atoms with E-state index in [9.17, 15) is 14.0 Å². The van der Waals surface area contributed by atoms with E-state index in [1.165, 1.54) is 19.2 Å². The first-order chi connectivity index (χ1) is 11.4. The number of amides is 1. The number of carbonyl (C=O) groups is 2. The minimum atomic E-state index is -0.694. The van der Waals surface area contributed by atoms with Gasteiger partial charge in [-0.05, 0) is 29.8 Å². The molecule has 0 aromatic heterocycles. The molecule has 7 heteroatoms. The van der Waals surface area contributed by atoms with Crippen molar-refractivity contribution in [2.24, 2.45) is 0 Å². The van der Waals surface area contributed by atoms with E-state index in [4.69, 9.17) is 11.6 Å². The Hall–Kier alpha value is -1.92. The molecule has 0 saturated heterocycles. The fourth-order valence-corrected chi connectivity index (χ4v) is 2.91. The summed E-state index contributed by atoms with van der Waals surface area (Å²) >= 11 is 9.29. The van der Waals surface area contributed by atoms with E-state index in [1.54, 1.807) is 24.3 Å². The van der Waals surface area contributed by atoms with Crippen molar-refractivity contribution in [3.63, 3.8) is 0 Å². The highest BCUT2D eigenvalue weighted by molar-refractivity contribution is 9.10. The second kappa shape index (κ2) is 8.26. The summed E-state index contributed by atoms with van der Waals surface area (Å²) in [5, 5.41) is 3.11. The maximum Gasteiger partial charge on any atom is 0.307 e. The van der Waals surface area contributed by atoms with Gasteiger partial charge < -0.3 is 10.1 Å². The van der Waals surface area contributed by atoms with Gasteiger partial charge in [-0.2, -0.15) is 0 Å². The van der Waals surface area contributed by atoms with Crippen molar-refractivity contribution in [1.29, 1.82) is 0 Å². The summed E-state index contributed by atoms with van der Waals surface area (Å²) in [5.41, 5.74) is 0.706. The molecule has 0 aliphatic rings. The van der Waals surface area contributed by atoms with Gasteiger partial charge in [0.15, 0.2) is 0 Å². The fraction of sp³-hybridized carbons (Fsp3) is 0.176. The maximum atomic E-state index is 13.5. The van der Waals surface area contributed by atoms with Gasteiger partial charge in [0.05, 0.1) is 19.6 Å². The zero-order valence-electron chi connectivity index (χ0n) is 12.7. The van der Waals surface area contributed by atoms with Crippen LogP contribution in [-0.2, 0) is 9.53 Å². The summed E-state index contributed by atoms with van der Waals surface area (Å²) in [6.45, 7) is 0. The van der Waals surface area contributed by atoms with Crippen LogP contribution in [0.15, 0.2) is 46.9 Å². The lowest BCUT2D eigenvalue weighted by molar-refractivity contribution is -0.141. The van der Waals surface area contributed by atoms with Crippen LogP contribution in [0.1, 0.15) is 28.4 Å². The van der Waals surface area contributed by atoms with Gasteiger partial charge >= 0.3 is 5.97 Å². The maximum absolute atomic E-state index is 13.5. The second-order valence-electron chi connectivity index (χ2n) is 4.99. The number of hydrogen-bond acceptors (Lipinski definition) is 3. The smallest absolute Gasteiger partial charge is 0.307 e. The number of esters is 1. The van der Waals surface area contributed by atoms with E-state index in [1.807, 2.05) is 0 Å². The zero-order chi connectivity index (χ0) is 17.7. The van der Waals surface area contributed by atoms with Crippen LogP contribution >= 0.6 is 27.5 Å². The van der Waals surface area contributed by atoms with E-state index in [2.05, 4.69) is 26.0 Å². The highest BCUT2D eigenvalue weighted by atomic mass is 79.9. The predicted molar refractivity (Wildman–Crippen MR) is 92.4 cm³/mol. The Kier molecular flexibility index (Phi) is 6.34. The summed E-state index contributed by atoms with van der Waals surface area (Å²) in [5.74, 6) is -1.57. The van der Waals surface area contributed by atoms with Crippen LogP contribution in [0.5, 0.6) is 0 Å². The van der Waals surface area contributed by atoms with Crippen LogP contribution in [0, 0.1) is 5.82 Å². The standard InChI is InChI=1S/C17H14BrClFNO3/c1-24-16(22)9-15(13-4-2-3-5-14(13)19)21-17(23)10-6-11(18)8-12(20)7-10/h2-8,15H,9H2,1H3,(H,21,23). The van der Waals surface area contributed by atoms with Crippen molar-refractivity contribution in [3.05, 3.63) is 68.9 Å². The molecule has 1 unspecified atom stereocenters. The van der Waals surface area contributed by atoms with Crippen LogP contribution in [0.3, 0.4) is 0 Å². The molecule has 0 radical (unpaired) electrons. The van der Waals surface area contributed by atoms with Crippen LogP contribution in [0.25, 0.3) is 0 Å². The van der Waals surface area contributed by atoms with Crippen molar-refractivity contribution in [1.82, 2.24) is 5.32 Å². The number of carbonyl (C=O) groups excluding carboxylic acids is 2. The normalized spacial score (nSPS) is 11.7. The van der Waals surface area contributed by atoms with E-state index in [0.717, 1.165) is 6.07 Å². The first kappa shape index (κ1) is 18.4. The fourth-order valence-electron chi connectivity index (χ4n) is 2.17. The highest BCUT2D eigenvalue weighted by Gasteiger charge is 2.22. The van der Waals surface area contributed by atoms with Gasteiger partial charge in [0, 0.05) is 15.1 Å². The third kappa shape index (κ3) is 4.79. The number of ether oxygens (including phenoxy) is 1. The third-order valence-electron chi connectivity index (χ3n) is 3.31. The molecule has 0 aliphatic carbocycles. The number of benzene rings is 2. The summed E-state index contributed by atoms with van der Waals surface area (Å²) in [6.07, 6.45) is -0.0948.